The number of carbonyl (C=O) groups is 3. The normalized spacial score (nSPS) is 14.9. The van der Waals surface area contributed by atoms with Crippen molar-refractivity contribution in [1.29, 1.82) is 0 Å². The van der Waals surface area contributed by atoms with Crippen LogP contribution in [0.1, 0.15) is 15.9 Å². The van der Waals surface area contributed by atoms with E-state index in [4.69, 9.17) is 4.74 Å². The van der Waals surface area contributed by atoms with Crippen molar-refractivity contribution in [2.75, 3.05) is 33.4 Å². The molecule has 1 aromatic carbocycles. The quantitative estimate of drug-likeness (QED) is 0.358. The Hall–Kier alpha value is -2.47. The number of hydrogen-bond donors (Lipinski definition) is 0. The van der Waals surface area contributed by atoms with Crippen molar-refractivity contribution in [2.45, 2.75) is 0 Å². The van der Waals surface area contributed by atoms with E-state index in [-0.39, 0.29) is 0 Å². The van der Waals surface area contributed by atoms with Gasteiger partial charge in [-0.05, 0) is 11.6 Å². The minimum absolute atomic E-state index is 0.326. The average Bonchev–Trinajstić information content (AvgIpc) is 2.59. The smallest absolute Gasteiger partial charge is 0.330 e. The standard InChI is InChI=1S/C16H17NO5/c1-21-14(18)7-4-12-2-5-13(6-3-12)15(19)16(20)17-8-10-22-11-9-17/h2-7H,8-11H2,1H3/b7-4+. The Kier molecular flexibility index (Phi) is 5.43. The molecule has 1 fully saturated rings. The number of nitrogens with zero attached hydrogens (tertiary/aromatic N) is 1. The van der Waals surface area contributed by atoms with Gasteiger partial charge in [-0.1, -0.05) is 24.3 Å². The first-order valence-electron chi connectivity index (χ1n) is 6.89. The lowest BCUT2D eigenvalue weighted by Crippen LogP contribution is -2.44. The third-order valence-electron chi connectivity index (χ3n) is 3.28. The molecule has 1 aliphatic heterocycles. The van der Waals surface area contributed by atoms with Gasteiger partial charge in [0.2, 0.25) is 5.78 Å². The Labute approximate surface area is 128 Å². The lowest BCUT2D eigenvalue weighted by Gasteiger charge is -2.26. The third kappa shape index (κ3) is 4.02. The van der Waals surface area contributed by atoms with Crippen molar-refractivity contribution in [1.82, 2.24) is 4.90 Å². The number of benzene rings is 1. The second kappa shape index (κ2) is 7.51. The molecule has 0 saturated carbocycles. The van der Waals surface area contributed by atoms with Crippen molar-refractivity contribution >= 4 is 23.7 Å². The highest BCUT2D eigenvalue weighted by Gasteiger charge is 2.24. The molecule has 1 heterocycles. The number of amides is 1. The van der Waals surface area contributed by atoms with Gasteiger partial charge in [-0.15, -0.1) is 0 Å². The molecule has 6 heteroatoms. The predicted molar refractivity (Wildman–Crippen MR) is 79.2 cm³/mol. The second-order valence-corrected chi connectivity index (χ2v) is 4.71. The average molecular weight is 303 g/mol. The Morgan fingerprint density at radius 2 is 1.77 bits per heavy atom. The van der Waals surface area contributed by atoms with Crippen LogP contribution >= 0.6 is 0 Å². The number of Topliss-reactive ketones (excluding diaryl/α,β-unsaturated/α-hetero) is 1. The Bertz CT molecular complexity index is 585. The number of hydrogen-bond acceptors (Lipinski definition) is 5. The zero-order valence-corrected chi connectivity index (χ0v) is 12.3. The minimum Gasteiger partial charge on any atom is -0.466 e. The number of rotatable bonds is 4. The largest absolute Gasteiger partial charge is 0.466 e. The molecule has 0 aliphatic carbocycles. The molecule has 0 aromatic heterocycles. The van der Waals surface area contributed by atoms with Crippen LogP contribution in [0.4, 0.5) is 0 Å². The maximum atomic E-state index is 12.1. The molecule has 0 spiro atoms. The van der Waals surface area contributed by atoms with E-state index in [0.717, 1.165) is 5.56 Å². The van der Waals surface area contributed by atoms with Crippen LogP contribution in [0.3, 0.4) is 0 Å². The summed E-state index contributed by atoms with van der Waals surface area (Å²) < 4.78 is 9.65. The van der Waals surface area contributed by atoms with Crippen molar-refractivity contribution in [3.05, 3.63) is 41.5 Å². The molecular formula is C16H17NO5. The maximum Gasteiger partial charge on any atom is 0.330 e. The molecule has 2 rings (SSSR count). The first-order chi connectivity index (χ1) is 10.6. The topological polar surface area (TPSA) is 72.9 Å². The van der Waals surface area contributed by atoms with E-state index >= 15 is 0 Å². The zero-order chi connectivity index (χ0) is 15.9. The molecule has 22 heavy (non-hydrogen) atoms. The van der Waals surface area contributed by atoms with E-state index in [1.54, 1.807) is 30.3 Å². The summed E-state index contributed by atoms with van der Waals surface area (Å²) in [4.78, 5) is 36.7. The van der Waals surface area contributed by atoms with Crippen molar-refractivity contribution in [3.8, 4) is 0 Å². The molecule has 0 atom stereocenters. The molecule has 6 nitrogen and oxygen atoms in total. The van der Waals surface area contributed by atoms with Gasteiger partial charge in [0.25, 0.3) is 5.91 Å². The Morgan fingerprint density at radius 1 is 1.14 bits per heavy atom. The van der Waals surface area contributed by atoms with E-state index in [9.17, 15) is 14.4 Å². The molecule has 0 bridgehead atoms. The molecule has 1 aliphatic rings. The van der Waals surface area contributed by atoms with Crippen LogP contribution in [0.15, 0.2) is 30.3 Å². The number of carbonyl (C=O) groups excluding carboxylic acids is 3. The van der Waals surface area contributed by atoms with E-state index in [0.29, 0.717) is 31.9 Å². The van der Waals surface area contributed by atoms with Crippen LogP contribution < -0.4 is 0 Å². The molecule has 0 radical (unpaired) electrons. The molecule has 0 unspecified atom stereocenters. The van der Waals surface area contributed by atoms with Crippen molar-refractivity contribution in [2.24, 2.45) is 0 Å². The van der Waals surface area contributed by atoms with Crippen LogP contribution in [0.5, 0.6) is 0 Å². The highest BCUT2D eigenvalue weighted by Crippen LogP contribution is 2.09. The number of ether oxygens (including phenoxy) is 2. The minimum atomic E-state index is -0.537. The molecule has 116 valence electrons. The zero-order valence-electron chi connectivity index (χ0n) is 12.3. The van der Waals surface area contributed by atoms with Gasteiger partial charge in [0.05, 0.1) is 20.3 Å². The Morgan fingerprint density at radius 3 is 2.36 bits per heavy atom. The molecule has 1 amide bonds. The van der Waals surface area contributed by atoms with Crippen LogP contribution in [-0.4, -0.2) is 56.0 Å². The number of ketones is 1. The summed E-state index contributed by atoms with van der Waals surface area (Å²) in [6.45, 7) is 1.78. The second-order valence-electron chi connectivity index (χ2n) is 4.71. The highest BCUT2D eigenvalue weighted by molar-refractivity contribution is 6.42. The summed E-state index contributed by atoms with van der Waals surface area (Å²) >= 11 is 0. The molecular weight excluding hydrogens is 286 g/mol. The van der Waals surface area contributed by atoms with Gasteiger partial charge in [0.15, 0.2) is 0 Å². The first kappa shape index (κ1) is 15.9. The van der Waals surface area contributed by atoms with Gasteiger partial charge in [0.1, 0.15) is 0 Å². The van der Waals surface area contributed by atoms with Gasteiger partial charge >= 0.3 is 5.97 Å². The fraction of sp³-hybridized carbons (Fsp3) is 0.312. The summed E-state index contributed by atoms with van der Waals surface area (Å²) in [6, 6.07) is 6.47. The van der Waals surface area contributed by atoms with E-state index in [2.05, 4.69) is 4.74 Å². The van der Waals surface area contributed by atoms with Crippen LogP contribution in [-0.2, 0) is 19.1 Å². The van der Waals surface area contributed by atoms with E-state index in [1.165, 1.54) is 18.1 Å². The number of methoxy groups -OCH3 is 1. The number of esters is 1. The first-order valence-corrected chi connectivity index (χ1v) is 6.89. The van der Waals surface area contributed by atoms with Gasteiger partial charge in [-0.3, -0.25) is 9.59 Å². The van der Waals surface area contributed by atoms with Crippen LogP contribution in [0.25, 0.3) is 6.08 Å². The van der Waals surface area contributed by atoms with Crippen molar-refractivity contribution in [3.63, 3.8) is 0 Å². The number of morpholine rings is 1. The van der Waals surface area contributed by atoms with Gasteiger partial charge in [-0.2, -0.15) is 0 Å². The lowest BCUT2D eigenvalue weighted by atomic mass is 10.1. The molecule has 0 N–H and O–H groups in total. The van der Waals surface area contributed by atoms with Gasteiger partial charge in [0, 0.05) is 24.7 Å². The van der Waals surface area contributed by atoms with Gasteiger partial charge < -0.3 is 14.4 Å². The fourth-order valence-corrected chi connectivity index (χ4v) is 2.01. The fourth-order valence-electron chi connectivity index (χ4n) is 2.01. The molecule has 1 aromatic rings. The van der Waals surface area contributed by atoms with Crippen molar-refractivity contribution < 1.29 is 23.9 Å². The van der Waals surface area contributed by atoms with Crippen LogP contribution in [0, 0.1) is 0 Å². The monoisotopic (exact) mass is 303 g/mol. The highest BCUT2D eigenvalue weighted by atomic mass is 16.5. The summed E-state index contributed by atoms with van der Waals surface area (Å²) in [5.41, 5.74) is 1.06. The van der Waals surface area contributed by atoms with E-state index < -0.39 is 17.7 Å². The van der Waals surface area contributed by atoms with E-state index in [1.807, 2.05) is 0 Å². The third-order valence-corrected chi connectivity index (χ3v) is 3.28. The summed E-state index contributed by atoms with van der Waals surface area (Å²) in [7, 11) is 1.30. The molecule has 1 saturated heterocycles. The Balaban J connectivity index is 2.03. The summed E-state index contributed by atoms with van der Waals surface area (Å²) in [5, 5.41) is 0. The van der Waals surface area contributed by atoms with Crippen LogP contribution in [0.2, 0.25) is 0 Å². The summed E-state index contributed by atoms with van der Waals surface area (Å²) in [6.07, 6.45) is 2.86. The predicted octanol–water partition coefficient (Wildman–Crippen LogP) is 0.914. The summed E-state index contributed by atoms with van der Waals surface area (Å²) in [5.74, 6) is -1.51. The maximum absolute atomic E-state index is 12.1. The lowest BCUT2D eigenvalue weighted by molar-refractivity contribution is -0.134. The SMILES string of the molecule is COC(=O)/C=C/c1ccc(C(=O)C(=O)N2CCOCC2)cc1. The van der Waals surface area contributed by atoms with Gasteiger partial charge in [-0.25, -0.2) is 4.79 Å².